The van der Waals surface area contributed by atoms with Crippen LogP contribution in [-0.2, 0) is 23.1 Å². The number of aromatic nitrogens is 2. The largest absolute Gasteiger partial charge is 0.493 e. The fourth-order valence-electron chi connectivity index (χ4n) is 3.97. The van der Waals surface area contributed by atoms with E-state index in [2.05, 4.69) is 15.5 Å². The standard InChI is InChI=1S/C22H23N3O4S/c1-27-15-8-7-13(11-17(15)28-2)16-12-19(25-29-16)22(9-10-22)20(26)24-21-23-14-5-3-4-6-18(14)30-21/h7-8,11-12H,3-6,9-10H2,1-2H3,(H,23,24,26). The molecule has 0 bridgehead atoms. The smallest absolute Gasteiger partial charge is 0.238 e. The van der Waals surface area contributed by atoms with E-state index >= 15 is 0 Å². The maximum atomic E-state index is 13.1. The summed E-state index contributed by atoms with van der Waals surface area (Å²) in [7, 11) is 3.19. The quantitative estimate of drug-likeness (QED) is 0.631. The van der Waals surface area contributed by atoms with Gasteiger partial charge in [0.2, 0.25) is 5.91 Å². The van der Waals surface area contributed by atoms with Gasteiger partial charge in [-0.2, -0.15) is 0 Å². The lowest BCUT2D eigenvalue weighted by molar-refractivity contribution is -0.118. The number of methoxy groups -OCH3 is 2. The minimum atomic E-state index is -0.634. The summed E-state index contributed by atoms with van der Waals surface area (Å²) >= 11 is 1.60. The van der Waals surface area contributed by atoms with Crippen LogP contribution in [0.1, 0.15) is 41.9 Å². The zero-order chi connectivity index (χ0) is 20.7. The van der Waals surface area contributed by atoms with E-state index in [0.29, 0.717) is 28.1 Å². The molecule has 0 unspecified atom stereocenters. The number of carbonyl (C=O) groups is 1. The first-order valence-electron chi connectivity index (χ1n) is 10.1. The fourth-order valence-corrected chi connectivity index (χ4v) is 5.02. The maximum absolute atomic E-state index is 13.1. The molecule has 0 spiro atoms. The normalized spacial score (nSPS) is 16.6. The number of carbonyl (C=O) groups excluding carboxylic acids is 1. The zero-order valence-electron chi connectivity index (χ0n) is 17.0. The SMILES string of the molecule is COc1ccc(-c2cc(C3(C(=O)Nc4nc5c(s4)CCCC5)CC3)no2)cc1OC. The molecule has 2 aromatic heterocycles. The van der Waals surface area contributed by atoms with Gasteiger partial charge in [0, 0.05) is 16.5 Å². The van der Waals surface area contributed by atoms with Crippen molar-refractivity contribution in [3.05, 3.63) is 40.5 Å². The lowest BCUT2D eigenvalue weighted by Gasteiger charge is -2.10. The van der Waals surface area contributed by atoms with E-state index in [1.807, 2.05) is 24.3 Å². The summed E-state index contributed by atoms with van der Waals surface area (Å²) in [5, 5.41) is 7.96. The Morgan fingerprint density at radius 2 is 1.93 bits per heavy atom. The number of nitrogens with zero attached hydrogens (tertiary/aromatic N) is 2. The lowest BCUT2D eigenvalue weighted by Crippen LogP contribution is -2.28. The summed E-state index contributed by atoms with van der Waals surface area (Å²) in [5.41, 5.74) is 1.98. The highest BCUT2D eigenvalue weighted by Gasteiger charge is 2.54. The van der Waals surface area contributed by atoms with Gasteiger partial charge >= 0.3 is 0 Å². The van der Waals surface area contributed by atoms with Crippen LogP contribution in [-0.4, -0.2) is 30.3 Å². The average Bonchev–Trinajstić information content (AvgIpc) is 3.25. The van der Waals surface area contributed by atoms with Gasteiger partial charge in [-0.05, 0) is 56.7 Å². The summed E-state index contributed by atoms with van der Waals surface area (Å²) in [6.07, 6.45) is 5.94. The van der Waals surface area contributed by atoms with E-state index in [0.717, 1.165) is 36.9 Å². The predicted molar refractivity (Wildman–Crippen MR) is 113 cm³/mol. The van der Waals surface area contributed by atoms with Gasteiger partial charge in [0.15, 0.2) is 22.4 Å². The molecule has 2 aliphatic carbocycles. The topological polar surface area (TPSA) is 86.5 Å². The molecule has 156 valence electrons. The summed E-state index contributed by atoms with van der Waals surface area (Å²) in [6.45, 7) is 0. The molecule has 1 N–H and O–H groups in total. The minimum absolute atomic E-state index is 0.0549. The number of hydrogen-bond donors (Lipinski definition) is 1. The highest BCUT2D eigenvalue weighted by Crippen LogP contribution is 2.49. The molecule has 0 saturated heterocycles. The van der Waals surface area contributed by atoms with Gasteiger partial charge in [0.1, 0.15) is 0 Å². The highest BCUT2D eigenvalue weighted by molar-refractivity contribution is 7.15. The lowest BCUT2D eigenvalue weighted by atomic mass is 10.0. The monoisotopic (exact) mass is 425 g/mol. The number of ether oxygens (including phenoxy) is 2. The molecule has 1 saturated carbocycles. The molecular weight excluding hydrogens is 402 g/mol. The third-order valence-corrected chi connectivity index (χ3v) is 6.99. The molecule has 2 heterocycles. The number of fused-ring (bicyclic) bond motifs is 1. The van der Waals surface area contributed by atoms with Crippen LogP contribution in [0.25, 0.3) is 11.3 Å². The number of benzene rings is 1. The maximum Gasteiger partial charge on any atom is 0.238 e. The first-order valence-corrected chi connectivity index (χ1v) is 10.9. The molecule has 2 aliphatic rings. The minimum Gasteiger partial charge on any atom is -0.493 e. The number of anilines is 1. The van der Waals surface area contributed by atoms with Crippen LogP contribution < -0.4 is 14.8 Å². The first kappa shape index (κ1) is 19.1. The molecule has 8 heteroatoms. The van der Waals surface area contributed by atoms with Gasteiger partial charge in [0.05, 0.1) is 31.0 Å². The van der Waals surface area contributed by atoms with Crippen LogP contribution >= 0.6 is 11.3 Å². The van der Waals surface area contributed by atoms with Gasteiger partial charge in [-0.1, -0.05) is 5.16 Å². The van der Waals surface area contributed by atoms with E-state index in [1.165, 1.54) is 17.7 Å². The van der Waals surface area contributed by atoms with Crippen molar-refractivity contribution in [3.63, 3.8) is 0 Å². The third-order valence-electron chi connectivity index (χ3n) is 5.92. The van der Waals surface area contributed by atoms with Crippen molar-refractivity contribution in [2.75, 3.05) is 19.5 Å². The van der Waals surface area contributed by atoms with Gasteiger partial charge in [-0.25, -0.2) is 4.98 Å². The van der Waals surface area contributed by atoms with Gasteiger partial charge in [-0.3, -0.25) is 4.79 Å². The van der Waals surface area contributed by atoms with Crippen LogP contribution in [0.3, 0.4) is 0 Å². The van der Waals surface area contributed by atoms with E-state index in [4.69, 9.17) is 14.0 Å². The molecule has 3 aromatic rings. The van der Waals surface area contributed by atoms with Crippen LogP contribution in [0, 0.1) is 0 Å². The Bertz CT molecular complexity index is 1080. The number of nitrogens with one attached hydrogen (secondary N) is 1. The van der Waals surface area contributed by atoms with Crippen LogP contribution in [0.5, 0.6) is 11.5 Å². The van der Waals surface area contributed by atoms with Gasteiger partial charge in [0.25, 0.3) is 0 Å². The molecule has 0 atom stereocenters. The number of hydrogen-bond acceptors (Lipinski definition) is 7. The molecule has 7 nitrogen and oxygen atoms in total. The van der Waals surface area contributed by atoms with Crippen LogP contribution in [0.4, 0.5) is 5.13 Å². The van der Waals surface area contributed by atoms with Crippen LogP contribution in [0.15, 0.2) is 28.8 Å². The Labute approximate surface area is 178 Å². The Morgan fingerprint density at radius 3 is 2.67 bits per heavy atom. The van der Waals surface area contributed by atoms with Crippen molar-refractivity contribution in [1.29, 1.82) is 0 Å². The van der Waals surface area contributed by atoms with Crippen molar-refractivity contribution in [1.82, 2.24) is 10.1 Å². The summed E-state index contributed by atoms with van der Waals surface area (Å²) in [5.74, 6) is 1.79. The Morgan fingerprint density at radius 1 is 1.13 bits per heavy atom. The number of rotatable bonds is 6. The van der Waals surface area contributed by atoms with E-state index < -0.39 is 5.41 Å². The van der Waals surface area contributed by atoms with Crippen molar-refractivity contribution >= 4 is 22.4 Å². The van der Waals surface area contributed by atoms with E-state index in [-0.39, 0.29) is 5.91 Å². The van der Waals surface area contributed by atoms with Crippen LogP contribution in [0.2, 0.25) is 0 Å². The molecule has 5 rings (SSSR count). The Balaban J connectivity index is 1.36. The van der Waals surface area contributed by atoms with E-state index in [9.17, 15) is 4.79 Å². The average molecular weight is 426 g/mol. The van der Waals surface area contributed by atoms with Crippen molar-refractivity contribution in [3.8, 4) is 22.8 Å². The van der Waals surface area contributed by atoms with E-state index in [1.54, 1.807) is 25.6 Å². The van der Waals surface area contributed by atoms with Gasteiger partial charge < -0.3 is 19.3 Å². The molecular formula is C22H23N3O4S. The number of amides is 1. The molecule has 1 fully saturated rings. The van der Waals surface area contributed by atoms with Crippen molar-refractivity contribution in [2.24, 2.45) is 0 Å². The summed E-state index contributed by atoms with van der Waals surface area (Å²) in [6, 6.07) is 7.38. The van der Waals surface area contributed by atoms with Crippen molar-refractivity contribution in [2.45, 2.75) is 43.9 Å². The first-order chi connectivity index (χ1) is 14.6. The second-order valence-electron chi connectivity index (χ2n) is 7.78. The second kappa shape index (κ2) is 7.43. The van der Waals surface area contributed by atoms with Gasteiger partial charge in [-0.15, -0.1) is 11.3 Å². The molecule has 0 aliphatic heterocycles. The summed E-state index contributed by atoms with van der Waals surface area (Å²) in [4.78, 5) is 19.0. The summed E-state index contributed by atoms with van der Waals surface area (Å²) < 4.78 is 16.2. The molecule has 1 amide bonds. The highest BCUT2D eigenvalue weighted by atomic mass is 32.1. The molecule has 1 aromatic carbocycles. The molecule has 30 heavy (non-hydrogen) atoms. The predicted octanol–water partition coefficient (Wildman–Crippen LogP) is 4.36. The Hall–Kier alpha value is -2.87. The Kier molecular flexibility index (Phi) is 4.73. The number of thiazole rings is 1. The molecule has 0 radical (unpaired) electrons. The van der Waals surface area contributed by atoms with Crippen molar-refractivity contribution < 1.29 is 18.8 Å². The third kappa shape index (κ3) is 3.25. The zero-order valence-corrected chi connectivity index (χ0v) is 17.8. The second-order valence-corrected chi connectivity index (χ2v) is 8.86. The fraction of sp³-hybridized carbons (Fsp3) is 0.409. The number of aryl methyl sites for hydroxylation is 2.